The molecule has 0 atom stereocenters. The summed E-state index contributed by atoms with van der Waals surface area (Å²) in [4.78, 5) is 32.4. The molecule has 26 heavy (non-hydrogen) atoms. The second-order valence-electron chi connectivity index (χ2n) is 6.84. The molecule has 0 spiro atoms. The van der Waals surface area contributed by atoms with Gasteiger partial charge in [-0.15, -0.1) is 0 Å². The fraction of sp³-hybridized carbons (Fsp3) is 0.579. The van der Waals surface area contributed by atoms with E-state index < -0.39 is 0 Å². The second kappa shape index (κ2) is 7.43. The van der Waals surface area contributed by atoms with Gasteiger partial charge in [0.05, 0.1) is 11.4 Å². The zero-order valence-corrected chi connectivity index (χ0v) is 16.1. The lowest BCUT2D eigenvalue weighted by Gasteiger charge is -2.23. The molecule has 7 nitrogen and oxygen atoms in total. The molecule has 0 aromatic carbocycles. The molecule has 0 N–H and O–H groups in total. The number of hydrogen-bond donors (Lipinski definition) is 0. The number of fused-ring (bicyclic) bond motifs is 1. The first kappa shape index (κ1) is 18.4. The van der Waals surface area contributed by atoms with E-state index in [-0.39, 0.29) is 18.0 Å². The normalized spacial score (nSPS) is 13.5. The highest BCUT2D eigenvalue weighted by Crippen LogP contribution is 2.19. The van der Waals surface area contributed by atoms with E-state index >= 15 is 0 Å². The number of hydrogen-bond acceptors (Lipinski definition) is 4. The van der Waals surface area contributed by atoms with Crippen molar-refractivity contribution in [3.05, 3.63) is 39.1 Å². The Labute approximate surface area is 153 Å². The van der Waals surface area contributed by atoms with E-state index in [9.17, 15) is 9.59 Å². The minimum absolute atomic E-state index is 0.00548. The summed E-state index contributed by atoms with van der Waals surface area (Å²) in [5, 5.41) is 4.49. The molecule has 1 amide bonds. The molecule has 1 aliphatic rings. The number of likely N-dealkylation sites (N-methyl/N-ethyl adjacent to an activating group) is 1. The summed E-state index contributed by atoms with van der Waals surface area (Å²) in [7, 11) is 0. The number of rotatable bonds is 5. The Hall–Kier alpha value is -2.44. The maximum absolute atomic E-state index is 13.2. The van der Waals surface area contributed by atoms with E-state index in [1.807, 2.05) is 33.8 Å². The Morgan fingerprint density at radius 2 is 1.88 bits per heavy atom. The minimum atomic E-state index is -0.0993. The standard InChI is InChI=1S/C19H27N5O2/c1-5-22(6-2)17(25)12-23-18(26)15-9-7-8-10-16(15)20-19(23)24-14(4)11-13(3)21-24/h11H,5-10,12H2,1-4H3. The van der Waals surface area contributed by atoms with E-state index in [4.69, 9.17) is 4.98 Å². The number of carbonyl (C=O) groups is 1. The SMILES string of the molecule is CCN(CC)C(=O)Cn1c(-n2nc(C)cc2C)nc2c(c1=O)CCCC2. The largest absolute Gasteiger partial charge is 0.342 e. The molecule has 0 fully saturated rings. The van der Waals surface area contributed by atoms with Crippen molar-refractivity contribution in [2.75, 3.05) is 13.1 Å². The van der Waals surface area contributed by atoms with Gasteiger partial charge in [-0.05, 0) is 59.4 Å². The fourth-order valence-electron chi connectivity index (χ4n) is 3.63. The Bertz CT molecular complexity index is 877. The molecule has 2 aromatic rings. The van der Waals surface area contributed by atoms with Gasteiger partial charge in [-0.2, -0.15) is 5.10 Å². The van der Waals surface area contributed by atoms with Gasteiger partial charge in [-0.25, -0.2) is 9.67 Å². The average molecular weight is 357 g/mol. The van der Waals surface area contributed by atoms with Crippen LogP contribution in [0.3, 0.4) is 0 Å². The van der Waals surface area contributed by atoms with Crippen molar-refractivity contribution in [2.24, 2.45) is 0 Å². The maximum Gasteiger partial charge on any atom is 0.258 e. The van der Waals surface area contributed by atoms with Crippen molar-refractivity contribution in [2.45, 2.75) is 59.9 Å². The molecule has 2 aromatic heterocycles. The van der Waals surface area contributed by atoms with E-state index in [0.717, 1.165) is 48.3 Å². The highest BCUT2D eigenvalue weighted by molar-refractivity contribution is 5.76. The van der Waals surface area contributed by atoms with Gasteiger partial charge in [-0.3, -0.25) is 14.2 Å². The van der Waals surface area contributed by atoms with Crippen molar-refractivity contribution in [1.29, 1.82) is 0 Å². The van der Waals surface area contributed by atoms with Crippen LogP contribution in [0.1, 0.15) is 49.3 Å². The molecule has 0 saturated heterocycles. The number of nitrogens with zero attached hydrogens (tertiary/aromatic N) is 5. The molecule has 0 aliphatic heterocycles. The Kier molecular flexibility index (Phi) is 5.25. The van der Waals surface area contributed by atoms with Crippen molar-refractivity contribution >= 4 is 5.91 Å². The summed E-state index contributed by atoms with van der Waals surface area (Å²) < 4.78 is 3.19. The number of amides is 1. The topological polar surface area (TPSA) is 73.0 Å². The van der Waals surface area contributed by atoms with Crippen LogP contribution in [0, 0.1) is 13.8 Å². The van der Waals surface area contributed by atoms with Gasteiger partial charge in [0.15, 0.2) is 0 Å². The third kappa shape index (κ3) is 3.30. The molecule has 7 heteroatoms. The number of aromatic nitrogens is 4. The van der Waals surface area contributed by atoms with Crippen molar-refractivity contribution in [3.63, 3.8) is 0 Å². The lowest BCUT2D eigenvalue weighted by molar-refractivity contribution is -0.131. The maximum atomic E-state index is 13.2. The summed E-state index contributed by atoms with van der Waals surface area (Å²) in [6.45, 7) is 8.96. The first-order chi connectivity index (χ1) is 12.5. The van der Waals surface area contributed by atoms with Crippen LogP contribution in [0.25, 0.3) is 5.95 Å². The number of carbonyl (C=O) groups excluding carboxylic acids is 1. The predicted molar refractivity (Wildman–Crippen MR) is 99.7 cm³/mol. The molecule has 0 saturated carbocycles. The van der Waals surface area contributed by atoms with Crippen LogP contribution >= 0.6 is 0 Å². The highest BCUT2D eigenvalue weighted by atomic mass is 16.2. The summed E-state index contributed by atoms with van der Waals surface area (Å²) in [5.41, 5.74) is 3.27. The van der Waals surface area contributed by atoms with Gasteiger partial charge >= 0.3 is 0 Å². The van der Waals surface area contributed by atoms with E-state index in [1.54, 1.807) is 9.58 Å². The molecular formula is C19H27N5O2. The van der Waals surface area contributed by atoms with Crippen LogP contribution in [0.4, 0.5) is 0 Å². The van der Waals surface area contributed by atoms with E-state index in [0.29, 0.717) is 19.0 Å². The smallest absolute Gasteiger partial charge is 0.258 e. The number of aryl methyl sites for hydroxylation is 3. The summed E-state index contributed by atoms with van der Waals surface area (Å²) in [6.07, 6.45) is 3.57. The molecule has 0 bridgehead atoms. The second-order valence-corrected chi connectivity index (χ2v) is 6.84. The quantitative estimate of drug-likeness (QED) is 0.818. The summed E-state index contributed by atoms with van der Waals surface area (Å²) in [6, 6.07) is 1.95. The monoisotopic (exact) mass is 357 g/mol. The lowest BCUT2D eigenvalue weighted by atomic mass is 9.97. The molecule has 0 unspecified atom stereocenters. The van der Waals surface area contributed by atoms with Gasteiger partial charge in [0.1, 0.15) is 6.54 Å². The van der Waals surface area contributed by atoms with E-state index in [2.05, 4.69) is 5.10 Å². The van der Waals surface area contributed by atoms with Crippen molar-refractivity contribution in [1.82, 2.24) is 24.2 Å². The van der Waals surface area contributed by atoms with Crippen LogP contribution in [-0.2, 0) is 24.2 Å². The predicted octanol–water partition coefficient (Wildman–Crippen LogP) is 1.79. The zero-order valence-electron chi connectivity index (χ0n) is 16.1. The Morgan fingerprint density at radius 3 is 2.50 bits per heavy atom. The Morgan fingerprint density at radius 1 is 1.19 bits per heavy atom. The van der Waals surface area contributed by atoms with Gasteiger partial charge < -0.3 is 4.90 Å². The molecular weight excluding hydrogens is 330 g/mol. The molecule has 2 heterocycles. The summed E-state index contributed by atoms with van der Waals surface area (Å²) in [5.74, 6) is 0.374. The van der Waals surface area contributed by atoms with Gasteiger partial charge in [0.25, 0.3) is 5.56 Å². The third-order valence-electron chi connectivity index (χ3n) is 5.03. The molecule has 3 rings (SSSR count). The third-order valence-corrected chi connectivity index (χ3v) is 5.03. The van der Waals surface area contributed by atoms with Crippen LogP contribution in [0.5, 0.6) is 0 Å². The highest BCUT2D eigenvalue weighted by Gasteiger charge is 2.23. The first-order valence-corrected chi connectivity index (χ1v) is 9.40. The van der Waals surface area contributed by atoms with Gasteiger partial charge in [0, 0.05) is 24.3 Å². The molecule has 1 aliphatic carbocycles. The first-order valence-electron chi connectivity index (χ1n) is 9.40. The van der Waals surface area contributed by atoms with Crippen LogP contribution in [0.2, 0.25) is 0 Å². The fourth-order valence-corrected chi connectivity index (χ4v) is 3.63. The van der Waals surface area contributed by atoms with Crippen molar-refractivity contribution in [3.8, 4) is 5.95 Å². The minimum Gasteiger partial charge on any atom is -0.342 e. The van der Waals surface area contributed by atoms with Gasteiger partial charge in [-0.1, -0.05) is 0 Å². The van der Waals surface area contributed by atoms with Crippen LogP contribution in [-0.4, -0.2) is 43.2 Å². The van der Waals surface area contributed by atoms with Gasteiger partial charge in [0.2, 0.25) is 11.9 Å². The van der Waals surface area contributed by atoms with Crippen LogP contribution < -0.4 is 5.56 Å². The lowest BCUT2D eigenvalue weighted by Crippen LogP contribution is -2.39. The molecule has 0 radical (unpaired) electrons. The Balaban J connectivity index is 2.15. The zero-order chi connectivity index (χ0) is 18.8. The van der Waals surface area contributed by atoms with Crippen molar-refractivity contribution < 1.29 is 4.79 Å². The average Bonchev–Trinajstić information content (AvgIpc) is 2.96. The van der Waals surface area contributed by atoms with E-state index in [1.165, 1.54) is 4.57 Å². The molecule has 140 valence electrons. The summed E-state index contributed by atoms with van der Waals surface area (Å²) >= 11 is 0. The van der Waals surface area contributed by atoms with Crippen LogP contribution in [0.15, 0.2) is 10.9 Å².